The van der Waals surface area contributed by atoms with E-state index in [0.29, 0.717) is 23.5 Å². The molecule has 1 atom stereocenters. The highest BCUT2D eigenvalue weighted by molar-refractivity contribution is 7.89. The molecule has 2 aromatic rings. The predicted molar refractivity (Wildman–Crippen MR) is 101 cm³/mol. The number of rotatable bonds is 4. The molecule has 0 saturated carbocycles. The van der Waals surface area contributed by atoms with Crippen molar-refractivity contribution in [2.24, 2.45) is 0 Å². The van der Waals surface area contributed by atoms with Crippen molar-refractivity contribution in [2.75, 3.05) is 26.2 Å². The molecule has 142 valence electrons. The van der Waals surface area contributed by atoms with Crippen LogP contribution in [-0.4, -0.2) is 43.8 Å². The van der Waals surface area contributed by atoms with Gasteiger partial charge < -0.3 is 0 Å². The van der Waals surface area contributed by atoms with Gasteiger partial charge in [-0.25, -0.2) is 12.8 Å². The van der Waals surface area contributed by atoms with Crippen LogP contribution in [0, 0.1) is 31.0 Å². The van der Waals surface area contributed by atoms with E-state index in [0.717, 1.165) is 11.1 Å². The molecule has 1 aliphatic rings. The zero-order valence-electron chi connectivity index (χ0n) is 15.4. The van der Waals surface area contributed by atoms with Gasteiger partial charge in [-0.3, -0.25) is 4.90 Å². The standard InChI is InChI=1S/C20H22FN3O2S/c1-15-7-8-20(16(2)13-15)27(25,26)24-11-9-23(10-12-24)19(14-22)17-5-3-4-6-18(17)21/h3-8,13,19H,9-12H2,1-2H3. The van der Waals surface area contributed by atoms with Gasteiger partial charge in [-0.2, -0.15) is 9.57 Å². The fraction of sp³-hybridized carbons (Fsp3) is 0.350. The molecule has 0 N–H and O–H groups in total. The quantitative estimate of drug-likeness (QED) is 0.809. The minimum atomic E-state index is -3.59. The summed E-state index contributed by atoms with van der Waals surface area (Å²) in [6, 6.07) is 12.9. The SMILES string of the molecule is Cc1ccc(S(=O)(=O)N2CCN(C(C#N)c3ccccc3F)CC2)c(C)c1. The summed E-state index contributed by atoms with van der Waals surface area (Å²) in [5.41, 5.74) is 2.06. The number of benzene rings is 2. The molecule has 1 unspecified atom stereocenters. The summed E-state index contributed by atoms with van der Waals surface area (Å²) in [7, 11) is -3.59. The molecule has 0 aliphatic carbocycles. The Morgan fingerprint density at radius 2 is 1.74 bits per heavy atom. The normalized spacial score (nSPS) is 17.4. The Bertz CT molecular complexity index is 977. The third-order valence-corrected chi connectivity index (χ3v) is 6.97. The van der Waals surface area contributed by atoms with Crippen molar-refractivity contribution in [3.8, 4) is 6.07 Å². The first-order chi connectivity index (χ1) is 12.8. The van der Waals surface area contributed by atoms with Crippen LogP contribution in [0.15, 0.2) is 47.4 Å². The molecule has 1 fully saturated rings. The number of nitrogens with zero attached hydrogens (tertiary/aromatic N) is 3. The van der Waals surface area contributed by atoms with Gasteiger partial charge in [0.25, 0.3) is 0 Å². The number of aryl methyl sites for hydroxylation is 2. The first kappa shape index (κ1) is 19.5. The monoisotopic (exact) mass is 387 g/mol. The van der Waals surface area contributed by atoms with Gasteiger partial charge in [-0.15, -0.1) is 0 Å². The van der Waals surface area contributed by atoms with Crippen molar-refractivity contribution in [2.45, 2.75) is 24.8 Å². The number of hydrogen-bond donors (Lipinski definition) is 0. The van der Waals surface area contributed by atoms with E-state index >= 15 is 0 Å². The summed E-state index contributed by atoms with van der Waals surface area (Å²) < 4.78 is 41.4. The molecule has 27 heavy (non-hydrogen) atoms. The molecule has 5 nitrogen and oxygen atoms in total. The first-order valence-electron chi connectivity index (χ1n) is 8.80. The molecule has 0 radical (unpaired) electrons. The maximum absolute atomic E-state index is 14.1. The van der Waals surface area contributed by atoms with E-state index < -0.39 is 21.9 Å². The number of piperazine rings is 1. The van der Waals surface area contributed by atoms with Crippen LogP contribution in [0.25, 0.3) is 0 Å². The van der Waals surface area contributed by atoms with Crippen molar-refractivity contribution in [1.29, 1.82) is 5.26 Å². The third-order valence-electron chi connectivity index (χ3n) is 4.91. The van der Waals surface area contributed by atoms with Crippen LogP contribution in [0.5, 0.6) is 0 Å². The predicted octanol–water partition coefficient (Wildman–Crippen LogP) is 3.01. The molecular formula is C20H22FN3O2S. The van der Waals surface area contributed by atoms with Crippen LogP contribution in [0.1, 0.15) is 22.7 Å². The molecule has 2 aromatic carbocycles. The Morgan fingerprint density at radius 3 is 2.33 bits per heavy atom. The smallest absolute Gasteiger partial charge is 0.243 e. The summed E-state index contributed by atoms with van der Waals surface area (Å²) in [4.78, 5) is 2.14. The molecule has 1 saturated heterocycles. The van der Waals surface area contributed by atoms with Gasteiger partial charge >= 0.3 is 0 Å². The molecular weight excluding hydrogens is 365 g/mol. The molecule has 1 aliphatic heterocycles. The highest BCUT2D eigenvalue weighted by atomic mass is 32.2. The Kier molecular flexibility index (Phi) is 5.61. The lowest BCUT2D eigenvalue weighted by atomic mass is 10.1. The van der Waals surface area contributed by atoms with Crippen molar-refractivity contribution in [3.05, 3.63) is 65.0 Å². The Hall–Kier alpha value is -2.27. The van der Waals surface area contributed by atoms with E-state index in [1.54, 1.807) is 37.3 Å². The fourth-order valence-corrected chi connectivity index (χ4v) is 5.10. The summed E-state index contributed by atoms with van der Waals surface area (Å²) >= 11 is 0. The molecule has 7 heteroatoms. The van der Waals surface area contributed by atoms with E-state index in [9.17, 15) is 18.1 Å². The van der Waals surface area contributed by atoms with Crippen molar-refractivity contribution >= 4 is 10.0 Å². The number of sulfonamides is 1. The lowest BCUT2D eigenvalue weighted by molar-refractivity contribution is 0.160. The zero-order chi connectivity index (χ0) is 19.6. The van der Waals surface area contributed by atoms with Crippen LogP contribution in [0.3, 0.4) is 0 Å². The largest absolute Gasteiger partial charge is 0.282 e. The lowest BCUT2D eigenvalue weighted by Crippen LogP contribution is -2.49. The van der Waals surface area contributed by atoms with Crippen LogP contribution in [0.2, 0.25) is 0 Å². The van der Waals surface area contributed by atoms with Gasteiger partial charge in [0, 0.05) is 31.7 Å². The van der Waals surface area contributed by atoms with E-state index in [2.05, 4.69) is 6.07 Å². The number of nitriles is 1. The average molecular weight is 387 g/mol. The highest BCUT2D eigenvalue weighted by Gasteiger charge is 2.33. The molecule has 0 bridgehead atoms. The van der Waals surface area contributed by atoms with Gasteiger partial charge in [-0.1, -0.05) is 35.9 Å². The van der Waals surface area contributed by atoms with E-state index in [4.69, 9.17) is 0 Å². The topological polar surface area (TPSA) is 64.4 Å². The molecule has 0 aromatic heterocycles. The number of halogens is 1. The molecule has 0 spiro atoms. The first-order valence-corrected chi connectivity index (χ1v) is 10.2. The minimum absolute atomic E-state index is 0.266. The average Bonchev–Trinajstić information content (AvgIpc) is 2.64. The van der Waals surface area contributed by atoms with E-state index in [-0.39, 0.29) is 13.1 Å². The summed E-state index contributed by atoms with van der Waals surface area (Å²) in [5, 5.41) is 9.53. The Labute approximate surface area is 159 Å². The molecule has 0 amide bonds. The zero-order valence-corrected chi connectivity index (χ0v) is 16.2. The van der Waals surface area contributed by atoms with Crippen molar-refractivity contribution < 1.29 is 12.8 Å². The lowest BCUT2D eigenvalue weighted by Gasteiger charge is -2.36. The van der Waals surface area contributed by atoms with Crippen LogP contribution in [0.4, 0.5) is 4.39 Å². The Morgan fingerprint density at radius 1 is 1.07 bits per heavy atom. The van der Waals surface area contributed by atoms with Crippen LogP contribution >= 0.6 is 0 Å². The molecule has 3 rings (SSSR count). The van der Waals surface area contributed by atoms with Crippen molar-refractivity contribution in [1.82, 2.24) is 9.21 Å². The Balaban J connectivity index is 1.76. The maximum atomic E-state index is 14.1. The van der Waals surface area contributed by atoms with Crippen LogP contribution < -0.4 is 0 Å². The van der Waals surface area contributed by atoms with Gasteiger partial charge in [0.2, 0.25) is 10.0 Å². The highest BCUT2D eigenvalue weighted by Crippen LogP contribution is 2.27. The van der Waals surface area contributed by atoms with Gasteiger partial charge in [0.15, 0.2) is 0 Å². The second-order valence-corrected chi connectivity index (χ2v) is 8.67. The fourth-order valence-electron chi connectivity index (χ4n) is 3.47. The number of hydrogen-bond acceptors (Lipinski definition) is 4. The van der Waals surface area contributed by atoms with Gasteiger partial charge in [0.1, 0.15) is 11.9 Å². The summed E-state index contributed by atoms with van der Waals surface area (Å²) in [5.74, 6) is -0.422. The van der Waals surface area contributed by atoms with E-state index in [1.807, 2.05) is 17.9 Å². The van der Waals surface area contributed by atoms with Gasteiger partial charge in [-0.05, 0) is 31.5 Å². The van der Waals surface area contributed by atoms with Gasteiger partial charge in [0.05, 0.1) is 11.0 Å². The summed E-state index contributed by atoms with van der Waals surface area (Å²) in [6.45, 7) is 4.99. The van der Waals surface area contributed by atoms with E-state index in [1.165, 1.54) is 10.4 Å². The van der Waals surface area contributed by atoms with Crippen molar-refractivity contribution in [3.63, 3.8) is 0 Å². The second kappa shape index (κ2) is 7.77. The minimum Gasteiger partial charge on any atom is -0.282 e. The third kappa shape index (κ3) is 3.88. The maximum Gasteiger partial charge on any atom is 0.243 e. The molecule has 1 heterocycles. The van der Waals surface area contributed by atoms with Crippen LogP contribution in [-0.2, 0) is 10.0 Å². The summed E-state index contributed by atoms with van der Waals surface area (Å²) in [6.07, 6.45) is 0. The second-order valence-electron chi connectivity index (χ2n) is 6.76.